The molecule has 1 aromatic rings. The summed E-state index contributed by atoms with van der Waals surface area (Å²) >= 11 is 3.24. The Labute approximate surface area is 123 Å². The van der Waals surface area contributed by atoms with Crippen LogP contribution in [0.3, 0.4) is 0 Å². The van der Waals surface area contributed by atoms with Gasteiger partial charge in [0.1, 0.15) is 13.1 Å². The highest BCUT2D eigenvalue weighted by Gasteiger charge is 2.20. The molecule has 8 heteroatoms. The Balaban J connectivity index is 2.86. The molecule has 0 saturated carbocycles. The van der Waals surface area contributed by atoms with E-state index in [1.807, 2.05) is 13.0 Å². The predicted molar refractivity (Wildman–Crippen MR) is 74.7 cm³/mol. The number of carbonyl (C=O) groups is 3. The molecule has 0 aliphatic rings. The summed E-state index contributed by atoms with van der Waals surface area (Å²) in [6.07, 6.45) is 0. The fourth-order valence-electron chi connectivity index (χ4n) is 1.46. The molecule has 0 heterocycles. The van der Waals surface area contributed by atoms with Crippen LogP contribution in [0.5, 0.6) is 0 Å². The summed E-state index contributed by atoms with van der Waals surface area (Å²) in [5.74, 6) is -2.57. The van der Waals surface area contributed by atoms with Crippen molar-refractivity contribution in [3.8, 4) is 0 Å². The highest BCUT2D eigenvalue weighted by molar-refractivity contribution is 9.10. The highest BCUT2D eigenvalue weighted by atomic mass is 79.9. The minimum Gasteiger partial charge on any atom is -0.480 e. The van der Waals surface area contributed by atoms with Crippen molar-refractivity contribution in [3.05, 3.63) is 28.2 Å². The molecule has 1 aromatic carbocycles. The summed E-state index contributed by atoms with van der Waals surface area (Å²) in [6, 6.07) is 4.44. The van der Waals surface area contributed by atoms with Crippen LogP contribution in [0, 0.1) is 6.92 Å². The molecule has 1 rings (SSSR count). The van der Waals surface area contributed by atoms with E-state index >= 15 is 0 Å². The third kappa shape index (κ3) is 4.88. The first-order chi connectivity index (χ1) is 9.29. The topological polar surface area (TPSA) is 107 Å². The van der Waals surface area contributed by atoms with Gasteiger partial charge in [0.05, 0.1) is 5.69 Å². The normalized spacial score (nSPS) is 9.90. The molecular weight excluding hydrogens is 332 g/mol. The van der Waals surface area contributed by atoms with Crippen LogP contribution in [0.1, 0.15) is 5.56 Å². The molecule has 20 heavy (non-hydrogen) atoms. The van der Waals surface area contributed by atoms with Gasteiger partial charge in [0.2, 0.25) is 0 Å². The number of nitrogens with one attached hydrogen (secondary N) is 1. The maximum absolute atomic E-state index is 11.9. The third-order valence-electron chi connectivity index (χ3n) is 2.30. The van der Waals surface area contributed by atoms with E-state index in [-0.39, 0.29) is 0 Å². The number of hydrogen-bond donors (Lipinski definition) is 3. The number of rotatable bonds is 5. The average molecular weight is 345 g/mol. The third-order valence-corrected chi connectivity index (χ3v) is 2.99. The van der Waals surface area contributed by atoms with Crippen LogP contribution in [0.25, 0.3) is 0 Å². The Morgan fingerprint density at radius 2 is 1.75 bits per heavy atom. The molecule has 0 unspecified atom stereocenters. The lowest BCUT2D eigenvalue weighted by Gasteiger charge is -2.19. The van der Waals surface area contributed by atoms with Crippen LogP contribution < -0.4 is 5.32 Å². The van der Waals surface area contributed by atoms with Gasteiger partial charge in [-0.15, -0.1) is 0 Å². The van der Waals surface area contributed by atoms with Crippen molar-refractivity contribution in [3.63, 3.8) is 0 Å². The number of aliphatic carboxylic acids is 2. The van der Waals surface area contributed by atoms with Gasteiger partial charge in [0.15, 0.2) is 0 Å². The van der Waals surface area contributed by atoms with Crippen LogP contribution in [0.2, 0.25) is 0 Å². The van der Waals surface area contributed by atoms with Crippen LogP contribution in [-0.4, -0.2) is 46.2 Å². The summed E-state index contributed by atoms with van der Waals surface area (Å²) in [5.41, 5.74) is 1.34. The smallest absolute Gasteiger partial charge is 0.323 e. The first kappa shape index (κ1) is 16.0. The van der Waals surface area contributed by atoms with Gasteiger partial charge in [-0.3, -0.25) is 9.59 Å². The first-order valence-electron chi connectivity index (χ1n) is 5.55. The van der Waals surface area contributed by atoms with Gasteiger partial charge in [0, 0.05) is 4.47 Å². The molecule has 3 N–H and O–H groups in total. The second-order valence-electron chi connectivity index (χ2n) is 4.06. The van der Waals surface area contributed by atoms with Crippen molar-refractivity contribution in [1.82, 2.24) is 4.90 Å². The van der Waals surface area contributed by atoms with Gasteiger partial charge < -0.3 is 20.4 Å². The first-order valence-corrected chi connectivity index (χ1v) is 6.34. The largest absolute Gasteiger partial charge is 0.480 e. The number of aryl methyl sites for hydroxylation is 1. The van der Waals surface area contributed by atoms with Crippen LogP contribution >= 0.6 is 15.9 Å². The molecule has 0 aliphatic carbocycles. The summed E-state index contributed by atoms with van der Waals surface area (Å²) in [6.45, 7) is 0.442. The number of carboxylic acids is 2. The zero-order valence-corrected chi connectivity index (χ0v) is 12.2. The zero-order chi connectivity index (χ0) is 15.3. The number of carboxylic acid groups (broad SMARTS) is 2. The lowest BCUT2D eigenvalue weighted by molar-refractivity contribution is -0.140. The molecule has 7 nitrogen and oxygen atoms in total. The molecule has 0 bridgehead atoms. The van der Waals surface area contributed by atoms with Crippen molar-refractivity contribution in [2.75, 3.05) is 18.4 Å². The average Bonchev–Trinajstić information content (AvgIpc) is 2.31. The van der Waals surface area contributed by atoms with Crippen molar-refractivity contribution < 1.29 is 24.6 Å². The van der Waals surface area contributed by atoms with Crippen molar-refractivity contribution in [2.45, 2.75) is 6.92 Å². The fraction of sp³-hybridized carbons (Fsp3) is 0.250. The van der Waals surface area contributed by atoms with Gasteiger partial charge in [-0.25, -0.2) is 4.79 Å². The molecular formula is C12H13BrN2O5. The Hall–Kier alpha value is -2.09. The van der Waals surface area contributed by atoms with Gasteiger partial charge in [0.25, 0.3) is 0 Å². The number of amides is 2. The van der Waals surface area contributed by atoms with Crippen LogP contribution in [0.4, 0.5) is 10.5 Å². The number of halogens is 1. The SMILES string of the molecule is Cc1ccc(Br)c(NC(=O)N(CC(=O)O)CC(=O)O)c1. The highest BCUT2D eigenvalue weighted by Crippen LogP contribution is 2.23. The number of carbonyl (C=O) groups excluding carboxylic acids is 1. The van der Waals surface area contributed by atoms with Crippen LogP contribution in [0.15, 0.2) is 22.7 Å². The van der Waals surface area contributed by atoms with E-state index in [9.17, 15) is 14.4 Å². The molecule has 0 saturated heterocycles. The van der Waals surface area contributed by atoms with Crippen molar-refractivity contribution in [2.24, 2.45) is 0 Å². The fourth-order valence-corrected chi connectivity index (χ4v) is 1.80. The minimum atomic E-state index is -1.29. The van der Waals surface area contributed by atoms with E-state index < -0.39 is 31.1 Å². The predicted octanol–water partition coefficient (Wildman–Crippen LogP) is 1.76. The number of hydrogen-bond acceptors (Lipinski definition) is 3. The number of benzene rings is 1. The van der Waals surface area contributed by atoms with Crippen molar-refractivity contribution in [1.29, 1.82) is 0 Å². The molecule has 0 aromatic heterocycles. The summed E-state index contributed by atoms with van der Waals surface area (Å²) in [4.78, 5) is 33.9. The van der Waals surface area contributed by atoms with Crippen molar-refractivity contribution >= 4 is 39.6 Å². The van der Waals surface area contributed by atoms with Gasteiger partial charge >= 0.3 is 18.0 Å². The summed E-state index contributed by atoms with van der Waals surface area (Å²) in [5, 5.41) is 19.8. The molecule has 0 atom stereocenters. The lowest BCUT2D eigenvalue weighted by atomic mass is 10.2. The standard InChI is InChI=1S/C12H13BrN2O5/c1-7-2-3-8(13)9(4-7)14-12(20)15(5-10(16)17)6-11(18)19/h2-4H,5-6H2,1H3,(H,14,20)(H,16,17)(H,18,19). The lowest BCUT2D eigenvalue weighted by Crippen LogP contribution is -2.42. The van der Waals surface area contributed by atoms with E-state index in [0.717, 1.165) is 5.56 Å². The Morgan fingerprint density at radius 1 is 1.20 bits per heavy atom. The molecule has 2 amide bonds. The number of anilines is 1. The number of nitrogens with zero attached hydrogens (tertiary/aromatic N) is 1. The van der Waals surface area contributed by atoms with E-state index in [4.69, 9.17) is 10.2 Å². The monoisotopic (exact) mass is 344 g/mol. The second kappa shape index (κ2) is 6.90. The van der Waals surface area contributed by atoms with Gasteiger partial charge in [-0.2, -0.15) is 0 Å². The maximum atomic E-state index is 11.9. The molecule has 0 radical (unpaired) electrons. The van der Waals surface area contributed by atoms with Gasteiger partial charge in [-0.05, 0) is 40.5 Å². The second-order valence-corrected chi connectivity index (χ2v) is 4.91. The molecule has 108 valence electrons. The van der Waals surface area contributed by atoms with E-state index in [1.165, 1.54) is 0 Å². The summed E-state index contributed by atoms with van der Waals surface area (Å²) < 4.78 is 0.613. The van der Waals surface area contributed by atoms with E-state index in [2.05, 4.69) is 21.2 Å². The Morgan fingerprint density at radius 3 is 2.25 bits per heavy atom. The Bertz CT molecular complexity index is 531. The van der Waals surface area contributed by atoms with E-state index in [0.29, 0.717) is 15.1 Å². The minimum absolute atomic E-state index is 0.441. The molecule has 0 aliphatic heterocycles. The van der Waals surface area contributed by atoms with Gasteiger partial charge in [-0.1, -0.05) is 6.07 Å². The summed E-state index contributed by atoms with van der Waals surface area (Å²) in [7, 11) is 0. The van der Waals surface area contributed by atoms with E-state index in [1.54, 1.807) is 12.1 Å². The zero-order valence-electron chi connectivity index (χ0n) is 10.6. The maximum Gasteiger partial charge on any atom is 0.323 e. The van der Waals surface area contributed by atoms with Crippen LogP contribution in [-0.2, 0) is 9.59 Å². The quantitative estimate of drug-likeness (QED) is 0.754. The number of urea groups is 1. The Kier molecular flexibility index (Phi) is 5.51. The molecule has 0 fully saturated rings. The molecule has 0 spiro atoms.